The van der Waals surface area contributed by atoms with Crippen LogP contribution in [0.25, 0.3) is 60.6 Å². The van der Waals surface area contributed by atoms with Gasteiger partial charge in [-0.15, -0.1) is 0 Å². The average Bonchev–Trinajstić information content (AvgIpc) is 3.74. The summed E-state index contributed by atoms with van der Waals surface area (Å²) in [6, 6.07) is 60.0. The van der Waals surface area contributed by atoms with Gasteiger partial charge < -0.3 is 14.3 Å². The Labute approximate surface area is 295 Å². The lowest BCUT2D eigenvalue weighted by molar-refractivity contribution is 0.152. The number of benzene rings is 7. The van der Waals surface area contributed by atoms with Crippen LogP contribution in [0.1, 0.15) is 29.0 Å². The summed E-state index contributed by atoms with van der Waals surface area (Å²) < 4.78 is 9.08. The third-order valence-corrected chi connectivity index (χ3v) is 10.3. The minimum Gasteiger partial charge on any atom is -0.456 e. The second kappa shape index (κ2) is 11.9. The summed E-state index contributed by atoms with van der Waals surface area (Å²) in [5, 5.41) is 8.45. The third-order valence-electron chi connectivity index (χ3n) is 10.3. The summed E-state index contributed by atoms with van der Waals surface area (Å²) in [6.45, 7) is 0. The second-order valence-electron chi connectivity index (χ2n) is 13.3. The maximum absolute atomic E-state index is 6.73. The van der Waals surface area contributed by atoms with Gasteiger partial charge in [-0.1, -0.05) is 127 Å². The van der Waals surface area contributed by atoms with Crippen molar-refractivity contribution in [3.8, 4) is 16.8 Å². The van der Waals surface area contributed by atoms with Crippen molar-refractivity contribution in [2.24, 2.45) is 4.99 Å². The number of amidine groups is 1. The number of aromatic nitrogens is 1. The van der Waals surface area contributed by atoms with Crippen molar-refractivity contribution in [1.82, 2.24) is 14.8 Å². The normalized spacial score (nSPS) is 16.5. The fourth-order valence-corrected chi connectivity index (χ4v) is 7.83. The lowest BCUT2D eigenvalue weighted by atomic mass is 9.99. The monoisotopic (exact) mass is 658 g/mol. The Kier molecular flexibility index (Phi) is 6.86. The van der Waals surface area contributed by atoms with Crippen LogP contribution in [0.15, 0.2) is 179 Å². The molecule has 0 amide bonds. The minimum absolute atomic E-state index is 0.165. The molecule has 0 saturated carbocycles. The van der Waals surface area contributed by atoms with Gasteiger partial charge in [0.05, 0.1) is 11.0 Å². The molecule has 1 aliphatic heterocycles. The number of hydrogen-bond acceptors (Lipinski definition) is 4. The predicted molar refractivity (Wildman–Crippen MR) is 209 cm³/mol. The smallest absolute Gasteiger partial charge is 0.142 e. The van der Waals surface area contributed by atoms with Crippen LogP contribution in [0.5, 0.6) is 0 Å². The fraction of sp³-hybridized carbons (Fsp3) is 0.0652. The largest absolute Gasteiger partial charge is 0.456 e. The van der Waals surface area contributed by atoms with Crippen LogP contribution in [0, 0.1) is 0 Å². The summed E-state index contributed by atoms with van der Waals surface area (Å²) in [7, 11) is 2.13. The average molecular weight is 659 g/mol. The molecule has 5 nitrogen and oxygen atoms in total. The van der Waals surface area contributed by atoms with Crippen LogP contribution >= 0.6 is 0 Å². The second-order valence-corrected chi connectivity index (χ2v) is 13.3. The first-order chi connectivity index (χ1) is 25.2. The molecule has 0 spiro atoms. The zero-order valence-electron chi connectivity index (χ0n) is 28.1. The molecule has 1 aliphatic rings. The lowest BCUT2D eigenvalue weighted by Crippen LogP contribution is -2.46. The van der Waals surface area contributed by atoms with Crippen molar-refractivity contribution in [1.29, 1.82) is 0 Å². The van der Waals surface area contributed by atoms with Crippen LogP contribution in [0.3, 0.4) is 0 Å². The zero-order valence-corrected chi connectivity index (χ0v) is 28.1. The number of para-hydroxylation sites is 3. The van der Waals surface area contributed by atoms with E-state index in [1.54, 1.807) is 0 Å². The highest BCUT2D eigenvalue weighted by Gasteiger charge is 2.33. The van der Waals surface area contributed by atoms with Gasteiger partial charge in [0.1, 0.15) is 29.3 Å². The Morgan fingerprint density at radius 2 is 1.20 bits per heavy atom. The van der Waals surface area contributed by atoms with Crippen LogP contribution in [0.2, 0.25) is 0 Å². The van der Waals surface area contributed by atoms with Gasteiger partial charge in [0.25, 0.3) is 0 Å². The Balaban J connectivity index is 1.08. The van der Waals surface area contributed by atoms with Gasteiger partial charge in [-0.25, -0.2) is 4.99 Å². The summed E-state index contributed by atoms with van der Waals surface area (Å²) in [6.07, 6.45) is -0.336. The van der Waals surface area contributed by atoms with Gasteiger partial charge in [0.2, 0.25) is 0 Å². The molecule has 0 fully saturated rings. The molecular formula is C46H34N4O. The van der Waals surface area contributed by atoms with Crippen LogP contribution < -0.4 is 5.32 Å². The number of furan rings is 1. The molecule has 0 bridgehead atoms. The predicted octanol–water partition coefficient (Wildman–Crippen LogP) is 11.0. The van der Waals surface area contributed by atoms with E-state index in [4.69, 9.17) is 9.41 Å². The number of aliphatic imine (C=N–C) groups is 1. The Morgan fingerprint density at radius 1 is 0.549 bits per heavy atom. The van der Waals surface area contributed by atoms with Gasteiger partial charge in [0, 0.05) is 38.4 Å². The molecule has 2 atom stereocenters. The maximum Gasteiger partial charge on any atom is 0.142 e. The topological polar surface area (TPSA) is 45.7 Å². The van der Waals surface area contributed by atoms with Crippen molar-refractivity contribution in [2.45, 2.75) is 12.3 Å². The van der Waals surface area contributed by atoms with Gasteiger partial charge in [-0.05, 0) is 66.2 Å². The van der Waals surface area contributed by atoms with Gasteiger partial charge in [-0.3, -0.25) is 4.90 Å². The highest BCUT2D eigenvalue weighted by Crippen LogP contribution is 2.41. The zero-order chi connectivity index (χ0) is 33.9. The van der Waals surface area contributed by atoms with E-state index < -0.39 is 0 Å². The third kappa shape index (κ3) is 4.85. The molecule has 2 unspecified atom stereocenters. The molecule has 9 aromatic rings. The molecule has 1 N–H and O–H groups in total. The van der Waals surface area contributed by atoms with E-state index in [9.17, 15) is 0 Å². The number of nitrogens with zero attached hydrogens (tertiary/aromatic N) is 3. The van der Waals surface area contributed by atoms with Crippen molar-refractivity contribution >= 4 is 49.6 Å². The van der Waals surface area contributed by atoms with Crippen LogP contribution in [-0.4, -0.2) is 22.4 Å². The van der Waals surface area contributed by atoms with Gasteiger partial charge in [-0.2, -0.15) is 0 Å². The standard InChI is InChI=1S/C46H34N4O/c1-49-45(31-16-7-3-8-17-31)47-44(30-14-5-2-6-15-30)48-46(49)37-22-13-21-36-39-29-33(25-27-42(39)51-43(36)37)32-24-26-41-38(28-32)35-20-11-12-23-40(35)50(41)34-18-9-4-10-19-34/h2-29,45-46H,1H3,(H,47,48). The number of fused-ring (bicyclic) bond motifs is 6. The van der Waals surface area contributed by atoms with E-state index in [0.29, 0.717) is 0 Å². The first kappa shape index (κ1) is 29.5. The Bertz CT molecular complexity index is 2750. The lowest BCUT2D eigenvalue weighted by Gasteiger charge is -2.39. The van der Waals surface area contributed by atoms with E-state index in [2.05, 4.69) is 180 Å². The molecule has 51 heavy (non-hydrogen) atoms. The molecule has 2 aromatic heterocycles. The van der Waals surface area contributed by atoms with Crippen molar-refractivity contribution < 1.29 is 4.42 Å². The molecule has 244 valence electrons. The number of rotatable bonds is 5. The summed E-state index contributed by atoms with van der Waals surface area (Å²) >= 11 is 0. The molecule has 5 heteroatoms. The van der Waals surface area contributed by atoms with Crippen LogP contribution in [-0.2, 0) is 0 Å². The minimum atomic E-state index is -0.170. The molecule has 0 saturated heterocycles. The summed E-state index contributed by atoms with van der Waals surface area (Å²) in [4.78, 5) is 7.49. The first-order valence-corrected chi connectivity index (χ1v) is 17.4. The summed E-state index contributed by atoms with van der Waals surface area (Å²) in [5.41, 5.74) is 10.9. The quantitative estimate of drug-likeness (QED) is 0.200. The molecule has 0 radical (unpaired) electrons. The SMILES string of the molecule is CN1C(c2ccccc2)N=C(c2ccccc2)NC1c1cccc2c1oc1ccc(-c3ccc4c(c3)c3ccccc3n4-c3ccccc3)cc12. The summed E-state index contributed by atoms with van der Waals surface area (Å²) in [5.74, 6) is 0.868. The number of nitrogens with one attached hydrogen (secondary N) is 1. The van der Waals surface area contributed by atoms with E-state index >= 15 is 0 Å². The van der Waals surface area contributed by atoms with Gasteiger partial charge >= 0.3 is 0 Å². The highest BCUT2D eigenvalue weighted by atomic mass is 16.3. The molecular weight excluding hydrogens is 625 g/mol. The van der Waals surface area contributed by atoms with E-state index in [-0.39, 0.29) is 12.3 Å². The Morgan fingerprint density at radius 3 is 2.00 bits per heavy atom. The van der Waals surface area contributed by atoms with Crippen molar-refractivity contribution in [3.63, 3.8) is 0 Å². The number of hydrogen-bond donors (Lipinski definition) is 1. The van der Waals surface area contributed by atoms with E-state index in [1.165, 1.54) is 27.4 Å². The Hall–Kier alpha value is -6.43. The maximum atomic E-state index is 6.73. The van der Waals surface area contributed by atoms with Gasteiger partial charge in [0.15, 0.2) is 0 Å². The van der Waals surface area contributed by atoms with E-state index in [1.807, 2.05) is 12.1 Å². The first-order valence-electron chi connectivity index (χ1n) is 17.4. The molecule has 3 heterocycles. The fourth-order valence-electron chi connectivity index (χ4n) is 7.83. The van der Waals surface area contributed by atoms with E-state index in [0.717, 1.165) is 55.7 Å². The van der Waals surface area contributed by atoms with Crippen molar-refractivity contribution in [2.75, 3.05) is 7.05 Å². The highest BCUT2D eigenvalue weighted by molar-refractivity contribution is 6.11. The molecule has 0 aliphatic carbocycles. The molecule has 7 aromatic carbocycles. The molecule has 10 rings (SSSR count). The van der Waals surface area contributed by atoms with Crippen molar-refractivity contribution in [3.05, 3.63) is 187 Å². The van der Waals surface area contributed by atoms with Crippen LogP contribution in [0.4, 0.5) is 0 Å².